The zero-order valence-corrected chi connectivity index (χ0v) is 7.55. The van der Waals surface area contributed by atoms with E-state index < -0.39 is 0 Å². The summed E-state index contributed by atoms with van der Waals surface area (Å²) in [4.78, 5) is 11.6. The molecule has 0 saturated heterocycles. The first-order valence-electron chi connectivity index (χ1n) is 3.91. The minimum atomic E-state index is 0.108. The topological polar surface area (TPSA) is 109 Å². The first-order valence-corrected chi connectivity index (χ1v) is 3.91. The number of aryl methyl sites for hydroxylation is 1. The first kappa shape index (κ1) is 8.42. The van der Waals surface area contributed by atoms with Gasteiger partial charge in [0, 0.05) is 13.2 Å². The van der Waals surface area contributed by atoms with Gasteiger partial charge >= 0.3 is 0 Å². The Morgan fingerprint density at radius 3 is 2.29 bits per heavy atom. The fraction of sp³-hybridized carbons (Fsp3) is 0.143. The second kappa shape index (κ2) is 2.95. The second-order valence-electron chi connectivity index (χ2n) is 2.78. The number of rotatable bonds is 1. The van der Waals surface area contributed by atoms with Crippen LogP contribution in [-0.2, 0) is 7.05 Å². The number of nitrogens with two attached hydrogens (primary N) is 2. The molecule has 0 atom stereocenters. The minimum Gasteiger partial charge on any atom is -0.368 e. The van der Waals surface area contributed by atoms with E-state index in [-0.39, 0.29) is 11.9 Å². The van der Waals surface area contributed by atoms with Gasteiger partial charge in [0.05, 0.1) is 11.8 Å². The molecule has 4 N–H and O–H groups in total. The highest BCUT2D eigenvalue weighted by molar-refractivity contribution is 5.54. The third-order valence-corrected chi connectivity index (χ3v) is 1.63. The molecule has 14 heavy (non-hydrogen) atoms. The predicted octanol–water partition coefficient (Wildman–Crippen LogP) is -0.564. The van der Waals surface area contributed by atoms with Gasteiger partial charge in [-0.15, -0.1) is 0 Å². The Morgan fingerprint density at radius 2 is 1.79 bits per heavy atom. The molecule has 2 aromatic heterocycles. The Balaban J connectivity index is 2.51. The van der Waals surface area contributed by atoms with Crippen LogP contribution in [0.1, 0.15) is 0 Å². The van der Waals surface area contributed by atoms with Crippen molar-refractivity contribution in [3.05, 3.63) is 12.4 Å². The van der Waals surface area contributed by atoms with E-state index >= 15 is 0 Å². The zero-order valence-electron chi connectivity index (χ0n) is 7.55. The number of anilines is 2. The Labute approximate surface area is 79.8 Å². The lowest BCUT2D eigenvalue weighted by Crippen LogP contribution is -2.03. The smallest absolute Gasteiger partial charge is 0.225 e. The molecular formula is C7H9N7. The highest BCUT2D eigenvalue weighted by atomic mass is 15.2. The quantitative estimate of drug-likeness (QED) is 0.625. The van der Waals surface area contributed by atoms with Gasteiger partial charge in [-0.25, -0.2) is 0 Å². The standard InChI is InChI=1S/C7H9N7/c1-14-3-4(2-10-14)5-11-6(8)13-7(9)12-5/h2-3H,1H3,(H4,8,9,11,12,13). The summed E-state index contributed by atoms with van der Waals surface area (Å²) in [5, 5.41) is 3.99. The maximum atomic E-state index is 5.43. The molecule has 72 valence electrons. The Morgan fingerprint density at radius 1 is 1.14 bits per heavy atom. The van der Waals surface area contributed by atoms with Gasteiger partial charge in [0.1, 0.15) is 0 Å². The van der Waals surface area contributed by atoms with Gasteiger partial charge in [-0.2, -0.15) is 20.1 Å². The summed E-state index contributed by atoms with van der Waals surface area (Å²) in [7, 11) is 1.80. The highest BCUT2D eigenvalue weighted by Gasteiger charge is 2.06. The number of aromatic nitrogens is 5. The van der Waals surface area contributed by atoms with Crippen molar-refractivity contribution >= 4 is 11.9 Å². The van der Waals surface area contributed by atoms with E-state index in [1.54, 1.807) is 24.1 Å². The van der Waals surface area contributed by atoms with E-state index in [1.807, 2.05) is 0 Å². The molecule has 0 fully saturated rings. The van der Waals surface area contributed by atoms with E-state index in [2.05, 4.69) is 20.1 Å². The average molecular weight is 191 g/mol. The summed E-state index contributed by atoms with van der Waals surface area (Å²) in [6, 6.07) is 0. The normalized spacial score (nSPS) is 10.4. The van der Waals surface area contributed by atoms with E-state index in [0.717, 1.165) is 5.56 Å². The predicted molar refractivity (Wildman–Crippen MR) is 50.9 cm³/mol. The fourth-order valence-electron chi connectivity index (χ4n) is 1.08. The van der Waals surface area contributed by atoms with E-state index in [1.165, 1.54) is 0 Å². The van der Waals surface area contributed by atoms with Crippen molar-refractivity contribution in [3.8, 4) is 11.4 Å². The van der Waals surface area contributed by atoms with Crippen LogP contribution >= 0.6 is 0 Å². The molecule has 0 aliphatic rings. The lowest BCUT2D eigenvalue weighted by Gasteiger charge is -1.98. The van der Waals surface area contributed by atoms with E-state index in [9.17, 15) is 0 Å². The SMILES string of the molecule is Cn1cc(-c2nc(N)nc(N)n2)cn1. The van der Waals surface area contributed by atoms with Crippen molar-refractivity contribution in [2.24, 2.45) is 7.05 Å². The maximum absolute atomic E-state index is 5.43. The molecular weight excluding hydrogens is 182 g/mol. The molecule has 7 nitrogen and oxygen atoms in total. The molecule has 7 heteroatoms. The number of nitrogens with zero attached hydrogens (tertiary/aromatic N) is 5. The maximum Gasteiger partial charge on any atom is 0.225 e. The van der Waals surface area contributed by atoms with Crippen LogP contribution in [0.25, 0.3) is 11.4 Å². The molecule has 0 unspecified atom stereocenters. The molecule has 0 amide bonds. The highest BCUT2D eigenvalue weighted by Crippen LogP contribution is 2.14. The van der Waals surface area contributed by atoms with Crippen LogP contribution in [0.15, 0.2) is 12.4 Å². The van der Waals surface area contributed by atoms with E-state index in [4.69, 9.17) is 11.5 Å². The van der Waals surface area contributed by atoms with Crippen LogP contribution < -0.4 is 11.5 Å². The van der Waals surface area contributed by atoms with E-state index in [0.29, 0.717) is 5.82 Å². The van der Waals surface area contributed by atoms with Gasteiger partial charge < -0.3 is 11.5 Å². The van der Waals surface area contributed by atoms with Crippen molar-refractivity contribution in [3.63, 3.8) is 0 Å². The minimum absolute atomic E-state index is 0.108. The van der Waals surface area contributed by atoms with Crippen LogP contribution in [0, 0.1) is 0 Å². The van der Waals surface area contributed by atoms with Crippen molar-refractivity contribution in [1.82, 2.24) is 24.7 Å². The summed E-state index contributed by atoms with van der Waals surface area (Å²) >= 11 is 0. The molecule has 2 heterocycles. The van der Waals surface area contributed by atoms with Crippen molar-refractivity contribution < 1.29 is 0 Å². The number of nitrogen functional groups attached to an aromatic ring is 2. The first-order chi connectivity index (χ1) is 6.65. The lowest BCUT2D eigenvalue weighted by atomic mass is 10.3. The van der Waals surface area contributed by atoms with Gasteiger partial charge in [0.15, 0.2) is 5.82 Å². The largest absolute Gasteiger partial charge is 0.368 e. The molecule has 0 aliphatic heterocycles. The van der Waals surface area contributed by atoms with Crippen LogP contribution in [0.4, 0.5) is 11.9 Å². The molecule has 0 spiro atoms. The number of hydrogen-bond acceptors (Lipinski definition) is 6. The van der Waals surface area contributed by atoms with Crippen LogP contribution in [-0.4, -0.2) is 24.7 Å². The van der Waals surface area contributed by atoms with Crippen molar-refractivity contribution in [2.45, 2.75) is 0 Å². The summed E-state index contributed by atoms with van der Waals surface area (Å²) in [6.07, 6.45) is 3.41. The molecule has 2 aromatic rings. The van der Waals surface area contributed by atoms with Crippen LogP contribution in [0.3, 0.4) is 0 Å². The summed E-state index contributed by atoms with van der Waals surface area (Å²) in [5.74, 6) is 0.649. The Kier molecular flexibility index (Phi) is 1.77. The molecule has 0 saturated carbocycles. The molecule has 0 radical (unpaired) electrons. The van der Waals surface area contributed by atoms with Gasteiger partial charge in [-0.3, -0.25) is 4.68 Å². The van der Waals surface area contributed by atoms with Crippen molar-refractivity contribution in [2.75, 3.05) is 11.5 Å². The number of hydrogen-bond donors (Lipinski definition) is 2. The molecule has 2 rings (SSSR count). The lowest BCUT2D eigenvalue weighted by molar-refractivity contribution is 0.768. The monoisotopic (exact) mass is 191 g/mol. The molecule has 0 aromatic carbocycles. The summed E-state index contributed by atoms with van der Waals surface area (Å²) in [5.41, 5.74) is 11.6. The molecule has 0 bridgehead atoms. The Hall–Kier alpha value is -2.18. The average Bonchev–Trinajstić information content (AvgIpc) is 2.50. The molecule has 0 aliphatic carbocycles. The van der Waals surface area contributed by atoms with Crippen LogP contribution in [0.2, 0.25) is 0 Å². The van der Waals surface area contributed by atoms with Crippen LogP contribution in [0.5, 0.6) is 0 Å². The fourth-order valence-corrected chi connectivity index (χ4v) is 1.08. The zero-order chi connectivity index (χ0) is 10.1. The third-order valence-electron chi connectivity index (χ3n) is 1.63. The second-order valence-corrected chi connectivity index (χ2v) is 2.78. The third kappa shape index (κ3) is 1.47. The Bertz CT molecular complexity index is 441. The summed E-state index contributed by atoms with van der Waals surface area (Å²) < 4.78 is 1.64. The van der Waals surface area contributed by atoms with Gasteiger partial charge in [0.25, 0.3) is 0 Å². The van der Waals surface area contributed by atoms with Crippen molar-refractivity contribution in [1.29, 1.82) is 0 Å². The van der Waals surface area contributed by atoms with Gasteiger partial charge in [0.2, 0.25) is 11.9 Å². The van der Waals surface area contributed by atoms with Gasteiger partial charge in [-0.1, -0.05) is 0 Å². The van der Waals surface area contributed by atoms with Gasteiger partial charge in [-0.05, 0) is 0 Å². The summed E-state index contributed by atoms with van der Waals surface area (Å²) in [6.45, 7) is 0.